The number of aliphatic hydroxyl groups is 1. The minimum absolute atomic E-state index is 0.0513. The van der Waals surface area contributed by atoms with Crippen molar-refractivity contribution < 1.29 is 19.7 Å². The molecule has 0 saturated carbocycles. The molecule has 0 aromatic heterocycles. The van der Waals surface area contributed by atoms with Gasteiger partial charge in [0.15, 0.2) is 0 Å². The van der Waals surface area contributed by atoms with Gasteiger partial charge in [-0.2, -0.15) is 0 Å². The summed E-state index contributed by atoms with van der Waals surface area (Å²) in [6, 6.07) is 2.33. The molecule has 1 aromatic carbocycles. The maximum Gasteiger partial charge on any atom is 0.131 e. The van der Waals surface area contributed by atoms with Crippen LogP contribution in [0.1, 0.15) is 18.5 Å². The number of methoxy groups -OCH3 is 2. The quantitative estimate of drug-likeness (QED) is 0.708. The van der Waals surface area contributed by atoms with Gasteiger partial charge >= 0.3 is 0 Å². The molecule has 0 amide bonds. The zero-order valence-corrected chi connectivity index (χ0v) is 9.60. The number of benzene rings is 1. The van der Waals surface area contributed by atoms with E-state index in [1.807, 2.05) is 0 Å². The summed E-state index contributed by atoms with van der Waals surface area (Å²) >= 11 is 0. The van der Waals surface area contributed by atoms with Gasteiger partial charge in [0, 0.05) is 12.1 Å². The van der Waals surface area contributed by atoms with Gasteiger partial charge < -0.3 is 25.4 Å². The van der Waals surface area contributed by atoms with Gasteiger partial charge in [0.1, 0.15) is 17.2 Å². The lowest BCUT2D eigenvalue weighted by atomic mass is 10.0. The average molecular weight is 227 g/mol. The fourth-order valence-corrected chi connectivity index (χ4v) is 1.45. The van der Waals surface area contributed by atoms with Crippen LogP contribution < -0.4 is 15.2 Å². The maximum absolute atomic E-state index is 9.80. The molecule has 90 valence electrons. The molecule has 4 N–H and O–H groups in total. The van der Waals surface area contributed by atoms with Gasteiger partial charge in [-0.05, 0) is 6.92 Å². The summed E-state index contributed by atoms with van der Waals surface area (Å²) in [6.07, 6.45) is -0.784. The molecule has 0 aliphatic carbocycles. The number of ether oxygens (including phenoxy) is 2. The highest BCUT2D eigenvalue weighted by Gasteiger charge is 2.21. The van der Waals surface area contributed by atoms with Crippen molar-refractivity contribution in [2.24, 2.45) is 5.73 Å². The average Bonchev–Trinajstić information content (AvgIpc) is 2.26. The van der Waals surface area contributed by atoms with Gasteiger partial charge in [0.05, 0.1) is 31.9 Å². The summed E-state index contributed by atoms with van der Waals surface area (Å²) in [7, 11) is 2.95. The highest BCUT2D eigenvalue weighted by Crippen LogP contribution is 2.37. The van der Waals surface area contributed by atoms with Crippen LogP contribution in [0.25, 0.3) is 0 Å². The third kappa shape index (κ3) is 2.37. The molecule has 0 aliphatic rings. The first-order valence-electron chi connectivity index (χ1n) is 4.89. The number of phenolic OH excluding ortho intramolecular Hbond substituents is 1. The van der Waals surface area contributed by atoms with E-state index in [1.165, 1.54) is 20.3 Å². The molecular formula is C11H17NO4. The standard InChI is InChI=1S/C11H17NO4/c1-6(13)11(12)10-8(14)4-7(15-2)5-9(10)16-3/h4-6,11,13-14H,12H2,1-3H3/t6-,11-/m1/s1. The lowest BCUT2D eigenvalue weighted by Crippen LogP contribution is -2.23. The lowest BCUT2D eigenvalue weighted by Gasteiger charge is -2.20. The molecule has 0 fully saturated rings. The second-order valence-corrected chi connectivity index (χ2v) is 3.53. The van der Waals surface area contributed by atoms with Crippen LogP contribution in [0, 0.1) is 0 Å². The summed E-state index contributed by atoms with van der Waals surface area (Å²) in [5.41, 5.74) is 6.15. The fraction of sp³-hybridized carbons (Fsp3) is 0.455. The Kier molecular flexibility index (Phi) is 3.98. The van der Waals surface area contributed by atoms with E-state index < -0.39 is 12.1 Å². The molecule has 5 heteroatoms. The van der Waals surface area contributed by atoms with Crippen molar-refractivity contribution >= 4 is 0 Å². The lowest BCUT2D eigenvalue weighted by molar-refractivity contribution is 0.161. The van der Waals surface area contributed by atoms with Crippen molar-refractivity contribution in [3.63, 3.8) is 0 Å². The molecule has 1 rings (SSSR count). The smallest absolute Gasteiger partial charge is 0.131 e. The summed E-state index contributed by atoms with van der Waals surface area (Å²) in [5.74, 6) is 0.811. The van der Waals surface area contributed by atoms with E-state index in [0.29, 0.717) is 17.1 Å². The van der Waals surface area contributed by atoms with Crippen molar-refractivity contribution in [2.75, 3.05) is 14.2 Å². The minimum Gasteiger partial charge on any atom is -0.507 e. The van der Waals surface area contributed by atoms with E-state index in [1.54, 1.807) is 13.0 Å². The van der Waals surface area contributed by atoms with E-state index in [-0.39, 0.29) is 5.75 Å². The first-order chi connectivity index (χ1) is 7.51. The third-order valence-electron chi connectivity index (χ3n) is 2.40. The Bertz CT molecular complexity index is 365. The number of hydrogen-bond donors (Lipinski definition) is 3. The summed E-state index contributed by atoms with van der Waals surface area (Å²) < 4.78 is 10.1. The molecule has 1 aromatic rings. The van der Waals surface area contributed by atoms with E-state index in [0.717, 1.165) is 0 Å². The van der Waals surface area contributed by atoms with E-state index in [2.05, 4.69) is 0 Å². The molecular weight excluding hydrogens is 210 g/mol. The fourth-order valence-electron chi connectivity index (χ4n) is 1.45. The van der Waals surface area contributed by atoms with Crippen LogP contribution in [0.3, 0.4) is 0 Å². The molecule has 0 bridgehead atoms. The highest BCUT2D eigenvalue weighted by atomic mass is 16.5. The molecule has 16 heavy (non-hydrogen) atoms. The van der Waals surface area contributed by atoms with Gasteiger partial charge in [-0.25, -0.2) is 0 Å². The van der Waals surface area contributed by atoms with E-state index >= 15 is 0 Å². The zero-order chi connectivity index (χ0) is 12.3. The number of hydrogen-bond acceptors (Lipinski definition) is 5. The number of aromatic hydroxyl groups is 1. The van der Waals surface area contributed by atoms with Crippen LogP contribution in [0.2, 0.25) is 0 Å². The van der Waals surface area contributed by atoms with Gasteiger partial charge in [0.2, 0.25) is 0 Å². The van der Waals surface area contributed by atoms with E-state index in [4.69, 9.17) is 15.2 Å². The largest absolute Gasteiger partial charge is 0.507 e. The van der Waals surface area contributed by atoms with Crippen LogP contribution in [0.15, 0.2) is 12.1 Å². The second-order valence-electron chi connectivity index (χ2n) is 3.53. The van der Waals surface area contributed by atoms with Crippen LogP contribution in [0.5, 0.6) is 17.2 Å². The zero-order valence-electron chi connectivity index (χ0n) is 9.60. The van der Waals surface area contributed by atoms with Crippen molar-refractivity contribution in [1.29, 1.82) is 0 Å². The normalized spacial score (nSPS) is 14.3. The van der Waals surface area contributed by atoms with Crippen LogP contribution >= 0.6 is 0 Å². The number of nitrogens with two attached hydrogens (primary N) is 1. The minimum atomic E-state index is -0.784. The third-order valence-corrected chi connectivity index (χ3v) is 2.40. The molecule has 0 saturated heterocycles. The molecule has 5 nitrogen and oxygen atoms in total. The summed E-state index contributed by atoms with van der Waals surface area (Å²) in [5, 5.41) is 19.2. The van der Waals surface area contributed by atoms with E-state index in [9.17, 15) is 10.2 Å². The molecule has 0 spiro atoms. The summed E-state index contributed by atoms with van der Waals surface area (Å²) in [4.78, 5) is 0. The SMILES string of the molecule is COc1cc(O)c([C@H](N)[C@@H](C)O)c(OC)c1. The van der Waals surface area contributed by atoms with Gasteiger partial charge in [0.25, 0.3) is 0 Å². The number of phenols is 1. The van der Waals surface area contributed by atoms with Gasteiger partial charge in [-0.3, -0.25) is 0 Å². The van der Waals surface area contributed by atoms with Gasteiger partial charge in [-0.1, -0.05) is 0 Å². The van der Waals surface area contributed by atoms with Crippen molar-refractivity contribution in [1.82, 2.24) is 0 Å². The maximum atomic E-state index is 9.80. The van der Waals surface area contributed by atoms with Crippen molar-refractivity contribution in [3.05, 3.63) is 17.7 Å². The number of rotatable bonds is 4. The Labute approximate surface area is 94.4 Å². The first-order valence-corrected chi connectivity index (χ1v) is 4.89. The predicted octanol–water partition coefficient (Wildman–Crippen LogP) is 0.790. The van der Waals surface area contributed by atoms with Crippen LogP contribution in [-0.2, 0) is 0 Å². The molecule has 0 aliphatic heterocycles. The van der Waals surface area contributed by atoms with Gasteiger partial charge in [-0.15, -0.1) is 0 Å². The Morgan fingerprint density at radius 1 is 1.25 bits per heavy atom. The molecule has 0 heterocycles. The first kappa shape index (κ1) is 12.6. The Balaban J connectivity index is 3.26. The Morgan fingerprint density at radius 3 is 2.31 bits per heavy atom. The molecule has 0 unspecified atom stereocenters. The second kappa shape index (κ2) is 5.05. The summed E-state index contributed by atoms with van der Waals surface area (Å²) in [6.45, 7) is 1.55. The van der Waals surface area contributed by atoms with Crippen molar-refractivity contribution in [2.45, 2.75) is 19.1 Å². The van der Waals surface area contributed by atoms with Crippen molar-refractivity contribution in [3.8, 4) is 17.2 Å². The predicted molar refractivity (Wildman–Crippen MR) is 59.8 cm³/mol. The topological polar surface area (TPSA) is 84.9 Å². The molecule has 0 radical (unpaired) electrons. The number of aliphatic hydroxyl groups excluding tert-OH is 1. The molecule has 2 atom stereocenters. The Morgan fingerprint density at radius 2 is 1.88 bits per heavy atom. The van der Waals surface area contributed by atoms with Crippen LogP contribution in [-0.4, -0.2) is 30.5 Å². The highest BCUT2D eigenvalue weighted by molar-refractivity contribution is 5.51. The monoisotopic (exact) mass is 227 g/mol. The van der Waals surface area contributed by atoms with Crippen LogP contribution in [0.4, 0.5) is 0 Å². The Hall–Kier alpha value is -1.46.